The van der Waals surface area contributed by atoms with Crippen LogP contribution in [0.3, 0.4) is 0 Å². The minimum Gasteiger partial charge on any atom is -0.305 e. The van der Waals surface area contributed by atoms with Gasteiger partial charge in [0.1, 0.15) is 0 Å². The predicted molar refractivity (Wildman–Crippen MR) is 111 cm³/mol. The van der Waals surface area contributed by atoms with E-state index < -0.39 is 0 Å². The van der Waals surface area contributed by atoms with Gasteiger partial charge in [0.25, 0.3) is 0 Å². The number of benzene rings is 2. The number of hydrogen-bond donors (Lipinski definition) is 2. The Morgan fingerprint density at radius 2 is 0.962 bits per heavy atom. The largest absolute Gasteiger partial charge is 0.305 e. The van der Waals surface area contributed by atoms with Crippen molar-refractivity contribution in [3.8, 4) is 0 Å². The van der Waals surface area contributed by atoms with E-state index in [-0.39, 0.29) is 0 Å². The molecular formula is C24H32N2. The van der Waals surface area contributed by atoms with Crippen LogP contribution in [-0.2, 0) is 0 Å². The second kappa shape index (κ2) is 8.66. The summed E-state index contributed by atoms with van der Waals surface area (Å²) >= 11 is 0. The maximum absolute atomic E-state index is 3.91. The molecule has 1 unspecified atom stereocenters. The van der Waals surface area contributed by atoms with Crippen molar-refractivity contribution < 1.29 is 0 Å². The molecule has 0 heterocycles. The van der Waals surface area contributed by atoms with Crippen molar-refractivity contribution in [2.45, 2.75) is 51.9 Å². The minimum absolute atomic E-state index is 0.332. The lowest BCUT2D eigenvalue weighted by atomic mass is 9.80. The van der Waals surface area contributed by atoms with E-state index in [2.05, 4.69) is 111 Å². The van der Waals surface area contributed by atoms with E-state index in [0.29, 0.717) is 36.0 Å². The Hall–Kier alpha value is -1.90. The van der Waals surface area contributed by atoms with E-state index in [0.717, 1.165) is 0 Å². The number of hydrogen-bond acceptors (Lipinski definition) is 2. The molecule has 2 nitrogen and oxygen atoms in total. The normalized spacial score (nSPS) is 27.8. The second-order valence-electron chi connectivity index (χ2n) is 7.75. The molecule has 0 fully saturated rings. The monoisotopic (exact) mass is 348 g/mol. The summed E-state index contributed by atoms with van der Waals surface area (Å²) in [4.78, 5) is 0. The van der Waals surface area contributed by atoms with Gasteiger partial charge in [0.15, 0.2) is 0 Å². The van der Waals surface area contributed by atoms with E-state index >= 15 is 0 Å². The molecule has 0 bridgehead atoms. The van der Waals surface area contributed by atoms with Gasteiger partial charge in [-0.15, -0.1) is 0 Å². The fourth-order valence-electron chi connectivity index (χ4n) is 4.01. The highest BCUT2D eigenvalue weighted by molar-refractivity contribution is 5.21. The molecule has 0 aliphatic heterocycles. The highest BCUT2D eigenvalue weighted by Gasteiger charge is 2.34. The fourth-order valence-corrected chi connectivity index (χ4v) is 4.01. The average molecular weight is 349 g/mol. The SMILES string of the molecule is CC1C=C[C@H](C)[C@@H](N[C@@H](C)c2ccccc2)[C@@H]1N[C@@H](C)c1ccccc1. The topological polar surface area (TPSA) is 24.1 Å². The first-order valence-corrected chi connectivity index (χ1v) is 9.86. The molecule has 2 heteroatoms. The number of rotatable bonds is 6. The summed E-state index contributed by atoms with van der Waals surface area (Å²) in [5.41, 5.74) is 2.69. The van der Waals surface area contributed by atoms with E-state index in [1.807, 2.05) is 0 Å². The van der Waals surface area contributed by atoms with Gasteiger partial charge in [0.05, 0.1) is 0 Å². The van der Waals surface area contributed by atoms with E-state index in [4.69, 9.17) is 0 Å². The molecule has 0 radical (unpaired) electrons. The van der Waals surface area contributed by atoms with E-state index in [1.54, 1.807) is 0 Å². The van der Waals surface area contributed by atoms with Crippen LogP contribution in [0.15, 0.2) is 72.8 Å². The van der Waals surface area contributed by atoms with E-state index in [9.17, 15) is 0 Å². The highest BCUT2D eigenvalue weighted by atomic mass is 15.1. The van der Waals surface area contributed by atoms with Crippen molar-refractivity contribution in [2.75, 3.05) is 0 Å². The van der Waals surface area contributed by atoms with Gasteiger partial charge in [-0.2, -0.15) is 0 Å². The molecule has 138 valence electrons. The summed E-state index contributed by atoms with van der Waals surface area (Å²) in [6.45, 7) is 9.17. The second-order valence-corrected chi connectivity index (χ2v) is 7.75. The highest BCUT2D eigenvalue weighted by Crippen LogP contribution is 2.28. The summed E-state index contributed by atoms with van der Waals surface area (Å²) in [7, 11) is 0. The first kappa shape index (κ1) is 18.9. The van der Waals surface area contributed by atoms with Crippen molar-refractivity contribution >= 4 is 0 Å². The van der Waals surface area contributed by atoms with Crippen LogP contribution in [0.4, 0.5) is 0 Å². The molecule has 1 aliphatic rings. The third kappa shape index (κ3) is 4.44. The molecule has 1 aliphatic carbocycles. The third-order valence-electron chi connectivity index (χ3n) is 5.72. The van der Waals surface area contributed by atoms with Crippen LogP contribution in [0.5, 0.6) is 0 Å². The quantitative estimate of drug-likeness (QED) is 0.695. The Balaban J connectivity index is 1.75. The zero-order chi connectivity index (χ0) is 18.5. The summed E-state index contributed by atoms with van der Waals surface area (Å²) in [6.07, 6.45) is 4.73. The van der Waals surface area contributed by atoms with Crippen molar-refractivity contribution in [1.29, 1.82) is 0 Å². The third-order valence-corrected chi connectivity index (χ3v) is 5.72. The van der Waals surface area contributed by atoms with Crippen LogP contribution in [0.25, 0.3) is 0 Å². The molecule has 0 saturated heterocycles. The van der Waals surface area contributed by atoms with Gasteiger partial charge in [-0.3, -0.25) is 0 Å². The molecule has 0 saturated carbocycles. The van der Waals surface area contributed by atoms with Crippen LogP contribution in [0.2, 0.25) is 0 Å². The first-order valence-electron chi connectivity index (χ1n) is 9.86. The fraction of sp³-hybridized carbons (Fsp3) is 0.417. The molecule has 0 spiro atoms. The number of nitrogens with one attached hydrogen (secondary N) is 2. The molecule has 2 aromatic carbocycles. The van der Waals surface area contributed by atoms with Gasteiger partial charge in [0, 0.05) is 24.2 Å². The van der Waals surface area contributed by atoms with Gasteiger partial charge in [0.2, 0.25) is 0 Å². The lowest BCUT2D eigenvalue weighted by Gasteiger charge is -2.41. The van der Waals surface area contributed by atoms with Crippen molar-refractivity contribution in [3.63, 3.8) is 0 Å². The smallest absolute Gasteiger partial charge is 0.0295 e. The Labute approximate surface area is 158 Å². The summed E-state index contributed by atoms with van der Waals surface area (Å²) in [6, 6.07) is 22.9. The van der Waals surface area contributed by atoms with Gasteiger partial charge >= 0.3 is 0 Å². The lowest BCUT2D eigenvalue weighted by Crippen LogP contribution is -2.56. The molecule has 0 amide bonds. The Morgan fingerprint density at radius 1 is 0.615 bits per heavy atom. The maximum Gasteiger partial charge on any atom is 0.0295 e. The molecule has 2 aromatic rings. The lowest BCUT2D eigenvalue weighted by molar-refractivity contribution is 0.233. The first-order chi connectivity index (χ1) is 12.6. The summed E-state index contributed by atoms with van der Waals surface area (Å²) in [5.74, 6) is 0.996. The van der Waals surface area contributed by atoms with Gasteiger partial charge in [-0.25, -0.2) is 0 Å². The standard InChI is InChI=1S/C24H32N2/c1-17-15-16-18(2)24(26-20(4)22-13-9-6-10-14-22)23(17)25-19(3)21-11-7-5-8-12-21/h5-20,23-26H,1-4H3/t17-,18?,19-,20-,23+,24+/m0/s1. The zero-order valence-electron chi connectivity index (χ0n) is 16.4. The van der Waals surface area contributed by atoms with Gasteiger partial charge < -0.3 is 10.6 Å². The zero-order valence-corrected chi connectivity index (χ0v) is 16.4. The molecule has 26 heavy (non-hydrogen) atoms. The maximum atomic E-state index is 3.91. The van der Waals surface area contributed by atoms with Crippen molar-refractivity contribution in [1.82, 2.24) is 10.6 Å². The summed E-state index contributed by atoms with van der Waals surface area (Å²) < 4.78 is 0. The average Bonchev–Trinajstić information content (AvgIpc) is 2.68. The van der Waals surface area contributed by atoms with Crippen molar-refractivity contribution in [2.24, 2.45) is 11.8 Å². The van der Waals surface area contributed by atoms with Crippen molar-refractivity contribution in [3.05, 3.63) is 83.9 Å². The molecule has 2 N–H and O–H groups in total. The molecule has 0 aromatic heterocycles. The Bertz CT molecular complexity index is 633. The Kier molecular flexibility index (Phi) is 6.29. The van der Waals surface area contributed by atoms with Crippen LogP contribution in [-0.4, -0.2) is 12.1 Å². The van der Waals surface area contributed by atoms with Crippen LogP contribution < -0.4 is 10.6 Å². The molecule has 3 rings (SSSR count). The van der Waals surface area contributed by atoms with Crippen LogP contribution in [0.1, 0.15) is 50.9 Å². The minimum atomic E-state index is 0.332. The molecule has 6 atom stereocenters. The predicted octanol–water partition coefficient (Wildman–Crippen LogP) is 5.27. The molecular weight excluding hydrogens is 316 g/mol. The van der Waals surface area contributed by atoms with Crippen LogP contribution >= 0.6 is 0 Å². The van der Waals surface area contributed by atoms with Crippen LogP contribution in [0, 0.1) is 11.8 Å². The van der Waals surface area contributed by atoms with Gasteiger partial charge in [-0.05, 0) is 36.8 Å². The van der Waals surface area contributed by atoms with Gasteiger partial charge in [-0.1, -0.05) is 86.7 Å². The Morgan fingerprint density at radius 3 is 1.31 bits per heavy atom. The summed E-state index contributed by atoms with van der Waals surface area (Å²) in [5, 5.41) is 7.82. The van der Waals surface area contributed by atoms with E-state index in [1.165, 1.54) is 11.1 Å².